The lowest BCUT2D eigenvalue weighted by molar-refractivity contribution is -0.154. The lowest BCUT2D eigenvalue weighted by atomic mass is 9.60. The zero-order valence-corrected chi connectivity index (χ0v) is 19.4. The van der Waals surface area contributed by atoms with Crippen molar-refractivity contribution in [2.24, 2.45) is 5.41 Å². The number of aliphatic carboxylic acids is 1. The Morgan fingerprint density at radius 1 is 1.33 bits per heavy atom. The SMILES string of the molecule is COCC(C)(C)c1c(C2CC(C)(C(=O)O)C2)c2cc(N)c(C=N)cc2n1-c1ccc(F)cc1. The fourth-order valence-electron chi connectivity index (χ4n) is 5.29. The molecule has 4 N–H and O–H groups in total. The van der Waals surface area contributed by atoms with Gasteiger partial charge in [0.15, 0.2) is 0 Å². The Bertz CT molecular complexity index is 1240. The van der Waals surface area contributed by atoms with Crippen molar-refractivity contribution in [3.8, 4) is 5.69 Å². The number of nitrogens with two attached hydrogens (primary N) is 1. The number of rotatable bonds is 7. The van der Waals surface area contributed by atoms with Crippen molar-refractivity contribution in [1.29, 1.82) is 5.41 Å². The van der Waals surface area contributed by atoms with E-state index in [-0.39, 0.29) is 11.7 Å². The maximum Gasteiger partial charge on any atom is 0.309 e. The van der Waals surface area contributed by atoms with Crippen LogP contribution >= 0.6 is 0 Å². The molecule has 174 valence electrons. The van der Waals surface area contributed by atoms with Crippen LogP contribution in [0.2, 0.25) is 0 Å². The summed E-state index contributed by atoms with van der Waals surface area (Å²) in [5, 5.41) is 18.4. The van der Waals surface area contributed by atoms with E-state index in [4.69, 9.17) is 15.9 Å². The Morgan fingerprint density at radius 3 is 2.52 bits per heavy atom. The fraction of sp³-hybridized carbons (Fsp3) is 0.385. The third kappa shape index (κ3) is 3.70. The number of halogens is 1. The van der Waals surface area contributed by atoms with Gasteiger partial charge in [0.25, 0.3) is 0 Å². The lowest BCUT2D eigenvalue weighted by Crippen LogP contribution is -2.41. The standard InChI is InChI=1S/C26H30FN3O3/c1-25(2,14-33-4)23-22(16-11-26(3,12-16)24(31)32)19-10-20(29)15(13-28)9-21(19)30(23)18-7-5-17(27)6-8-18/h5-10,13,16,28H,11-12,14,29H2,1-4H3,(H,31,32). The highest BCUT2D eigenvalue weighted by Gasteiger charge is 2.49. The first-order chi connectivity index (χ1) is 15.5. The van der Waals surface area contributed by atoms with Crippen molar-refractivity contribution >= 4 is 28.8 Å². The number of ether oxygens (including phenoxy) is 1. The van der Waals surface area contributed by atoms with Gasteiger partial charge in [0, 0.05) is 46.8 Å². The number of hydrogen-bond donors (Lipinski definition) is 3. The molecule has 0 amide bonds. The molecule has 0 aliphatic heterocycles. The van der Waals surface area contributed by atoms with Crippen LogP contribution in [-0.2, 0) is 14.9 Å². The van der Waals surface area contributed by atoms with Gasteiger partial charge in [0.05, 0.1) is 17.5 Å². The molecule has 4 rings (SSSR count). The number of carbonyl (C=O) groups is 1. The van der Waals surface area contributed by atoms with Crippen LogP contribution in [0.25, 0.3) is 16.6 Å². The van der Waals surface area contributed by atoms with E-state index in [1.54, 1.807) is 26.2 Å². The highest BCUT2D eigenvalue weighted by atomic mass is 19.1. The summed E-state index contributed by atoms with van der Waals surface area (Å²) in [6, 6.07) is 10.1. The lowest BCUT2D eigenvalue weighted by Gasteiger charge is -2.43. The molecule has 1 heterocycles. The van der Waals surface area contributed by atoms with Crippen LogP contribution in [0, 0.1) is 16.6 Å². The first-order valence-corrected chi connectivity index (χ1v) is 11.0. The molecule has 0 unspecified atom stereocenters. The number of nitrogens with one attached hydrogen (secondary N) is 1. The summed E-state index contributed by atoms with van der Waals surface area (Å²) in [4.78, 5) is 11.8. The molecule has 3 aromatic rings. The zero-order valence-electron chi connectivity index (χ0n) is 19.4. The summed E-state index contributed by atoms with van der Waals surface area (Å²) in [5.74, 6) is -1.08. The number of methoxy groups -OCH3 is 1. The number of anilines is 1. The van der Waals surface area contributed by atoms with E-state index in [9.17, 15) is 14.3 Å². The summed E-state index contributed by atoms with van der Waals surface area (Å²) in [6.07, 6.45) is 2.27. The number of carboxylic acid groups (broad SMARTS) is 1. The molecule has 1 aliphatic rings. The van der Waals surface area contributed by atoms with E-state index in [0.717, 1.165) is 27.8 Å². The monoisotopic (exact) mass is 451 g/mol. The number of aromatic nitrogens is 1. The highest BCUT2D eigenvalue weighted by molar-refractivity contribution is 5.98. The van der Waals surface area contributed by atoms with Crippen molar-refractivity contribution in [2.75, 3.05) is 19.5 Å². The van der Waals surface area contributed by atoms with E-state index in [1.165, 1.54) is 18.3 Å². The van der Waals surface area contributed by atoms with Crippen molar-refractivity contribution in [3.63, 3.8) is 0 Å². The van der Waals surface area contributed by atoms with Crippen LogP contribution in [0.15, 0.2) is 36.4 Å². The molecule has 1 saturated carbocycles. The van der Waals surface area contributed by atoms with Crippen LogP contribution in [-0.4, -0.2) is 35.6 Å². The maximum atomic E-state index is 13.8. The van der Waals surface area contributed by atoms with Gasteiger partial charge < -0.3 is 25.6 Å². The first-order valence-electron chi connectivity index (χ1n) is 11.0. The number of fused-ring (bicyclic) bond motifs is 1. The summed E-state index contributed by atoms with van der Waals surface area (Å²) in [5.41, 5.74) is 9.85. The minimum atomic E-state index is -0.788. The van der Waals surface area contributed by atoms with Crippen LogP contribution in [0.5, 0.6) is 0 Å². The van der Waals surface area contributed by atoms with Crippen molar-refractivity contribution in [3.05, 3.63) is 59.0 Å². The van der Waals surface area contributed by atoms with Crippen LogP contribution in [0.1, 0.15) is 56.4 Å². The van der Waals surface area contributed by atoms with Gasteiger partial charge in [-0.3, -0.25) is 4.79 Å². The molecule has 1 aliphatic carbocycles. The van der Waals surface area contributed by atoms with Crippen LogP contribution in [0.3, 0.4) is 0 Å². The third-order valence-corrected chi connectivity index (χ3v) is 6.92. The van der Waals surface area contributed by atoms with Gasteiger partial charge in [-0.2, -0.15) is 0 Å². The number of benzene rings is 2. The van der Waals surface area contributed by atoms with Gasteiger partial charge in [-0.25, -0.2) is 4.39 Å². The molecule has 0 atom stereocenters. The molecular formula is C26H30FN3O3. The molecule has 6 nitrogen and oxygen atoms in total. The molecule has 0 spiro atoms. The van der Waals surface area contributed by atoms with E-state index in [2.05, 4.69) is 18.4 Å². The zero-order chi connectivity index (χ0) is 24.1. The predicted octanol–water partition coefficient (Wildman–Crippen LogP) is 5.24. The summed E-state index contributed by atoms with van der Waals surface area (Å²) >= 11 is 0. The van der Waals surface area contributed by atoms with Gasteiger partial charge in [0.2, 0.25) is 0 Å². The predicted molar refractivity (Wildman–Crippen MR) is 128 cm³/mol. The molecule has 0 saturated heterocycles. The van der Waals surface area contributed by atoms with Gasteiger partial charge in [-0.05, 0) is 67.6 Å². The van der Waals surface area contributed by atoms with Gasteiger partial charge >= 0.3 is 5.97 Å². The van der Waals surface area contributed by atoms with E-state index < -0.39 is 16.8 Å². The molecule has 1 fully saturated rings. The Morgan fingerprint density at radius 2 is 1.97 bits per heavy atom. The van der Waals surface area contributed by atoms with E-state index >= 15 is 0 Å². The highest BCUT2D eigenvalue weighted by Crippen LogP contribution is 2.55. The molecule has 2 aromatic carbocycles. The number of nitrogen functional groups attached to an aromatic ring is 1. The third-order valence-electron chi connectivity index (χ3n) is 6.92. The van der Waals surface area contributed by atoms with Crippen molar-refractivity contribution < 1.29 is 19.0 Å². The normalized spacial score (nSPS) is 20.6. The minimum absolute atomic E-state index is 0.0339. The Labute approximate surface area is 192 Å². The smallest absolute Gasteiger partial charge is 0.309 e. The largest absolute Gasteiger partial charge is 0.481 e. The fourth-order valence-corrected chi connectivity index (χ4v) is 5.29. The van der Waals surface area contributed by atoms with Crippen molar-refractivity contribution in [2.45, 2.75) is 44.9 Å². The topological polar surface area (TPSA) is 101 Å². The average Bonchev–Trinajstić information content (AvgIpc) is 3.05. The maximum absolute atomic E-state index is 13.8. The summed E-state index contributed by atoms with van der Waals surface area (Å²) in [6.45, 7) is 6.40. The number of nitrogens with zero attached hydrogens (tertiary/aromatic N) is 1. The number of hydrogen-bond acceptors (Lipinski definition) is 4. The van der Waals surface area contributed by atoms with Crippen LogP contribution < -0.4 is 5.73 Å². The Kier molecular flexibility index (Phi) is 5.56. The number of carboxylic acids is 1. The summed E-state index contributed by atoms with van der Waals surface area (Å²) < 4.78 is 21.4. The Hall–Kier alpha value is -3.19. The van der Waals surface area contributed by atoms with E-state index in [1.807, 2.05) is 12.1 Å². The first kappa shape index (κ1) is 23.0. The molecule has 0 radical (unpaired) electrons. The molecule has 7 heteroatoms. The average molecular weight is 452 g/mol. The molecule has 0 bridgehead atoms. The Balaban J connectivity index is 2.08. The molecule has 33 heavy (non-hydrogen) atoms. The minimum Gasteiger partial charge on any atom is -0.481 e. The molecule has 1 aromatic heterocycles. The van der Waals surface area contributed by atoms with Crippen molar-refractivity contribution in [1.82, 2.24) is 4.57 Å². The van der Waals surface area contributed by atoms with Gasteiger partial charge in [-0.15, -0.1) is 0 Å². The summed E-state index contributed by atoms with van der Waals surface area (Å²) in [7, 11) is 1.66. The van der Waals surface area contributed by atoms with E-state index in [0.29, 0.717) is 30.7 Å². The second-order valence-electron chi connectivity index (χ2n) is 10.0. The molecular weight excluding hydrogens is 421 g/mol. The second kappa shape index (κ2) is 7.99. The van der Waals surface area contributed by atoms with Gasteiger partial charge in [-0.1, -0.05) is 13.8 Å². The quantitative estimate of drug-likeness (QED) is 0.338. The second-order valence-corrected chi connectivity index (χ2v) is 10.0. The van der Waals surface area contributed by atoms with Gasteiger partial charge in [0.1, 0.15) is 5.82 Å². The van der Waals surface area contributed by atoms with Crippen LogP contribution in [0.4, 0.5) is 10.1 Å².